The van der Waals surface area contributed by atoms with E-state index < -0.39 is 0 Å². The van der Waals surface area contributed by atoms with Crippen molar-refractivity contribution < 1.29 is 0 Å². The highest BCUT2D eigenvalue weighted by Gasteiger charge is 2.19. The van der Waals surface area contributed by atoms with Crippen LogP contribution in [0.15, 0.2) is 12.2 Å². The fourth-order valence-electron chi connectivity index (χ4n) is 2.78. The van der Waals surface area contributed by atoms with Crippen LogP contribution < -0.4 is 5.32 Å². The van der Waals surface area contributed by atoms with Gasteiger partial charge in [0.15, 0.2) is 0 Å². The standard InChI is InChI=1S/C13H24N2/c1-15(13-7-3-2-4-8-13)11-12-6-5-9-14-10-12/h3,7,12-14H,2,4-6,8-11H2,1H3. The van der Waals surface area contributed by atoms with Gasteiger partial charge in [0.2, 0.25) is 0 Å². The van der Waals surface area contributed by atoms with Gasteiger partial charge in [0, 0.05) is 12.6 Å². The second kappa shape index (κ2) is 5.66. The maximum Gasteiger partial charge on any atom is 0.0275 e. The van der Waals surface area contributed by atoms with Crippen LogP contribution in [0.2, 0.25) is 0 Å². The summed E-state index contributed by atoms with van der Waals surface area (Å²) in [5, 5.41) is 3.50. The summed E-state index contributed by atoms with van der Waals surface area (Å²) in [5.41, 5.74) is 0. The fraction of sp³-hybridized carbons (Fsp3) is 0.846. The van der Waals surface area contributed by atoms with Crippen molar-refractivity contribution in [2.45, 2.75) is 38.1 Å². The zero-order valence-corrected chi connectivity index (χ0v) is 9.91. The van der Waals surface area contributed by atoms with Crippen LogP contribution in [0, 0.1) is 5.92 Å². The Kier molecular flexibility index (Phi) is 4.21. The van der Waals surface area contributed by atoms with Crippen LogP contribution >= 0.6 is 0 Å². The summed E-state index contributed by atoms with van der Waals surface area (Å²) in [7, 11) is 2.29. The van der Waals surface area contributed by atoms with Crippen LogP contribution in [0.4, 0.5) is 0 Å². The van der Waals surface area contributed by atoms with Gasteiger partial charge in [-0.2, -0.15) is 0 Å². The summed E-state index contributed by atoms with van der Waals surface area (Å²) in [5.74, 6) is 0.874. The van der Waals surface area contributed by atoms with Crippen molar-refractivity contribution >= 4 is 0 Å². The third-order valence-electron chi connectivity index (χ3n) is 3.74. The molecule has 0 spiro atoms. The van der Waals surface area contributed by atoms with Gasteiger partial charge in [-0.05, 0) is 58.2 Å². The van der Waals surface area contributed by atoms with Gasteiger partial charge < -0.3 is 5.32 Å². The summed E-state index contributed by atoms with van der Waals surface area (Å²) in [6.07, 6.45) is 11.5. The lowest BCUT2D eigenvalue weighted by atomic mass is 9.96. The molecule has 86 valence electrons. The molecule has 0 saturated carbocycles. The molecule has 2 nitrogen and oxygen atoms in total. The van der Waals surface area contributed by atoms with Gasteiger partial charge in [-0.25, -0.2) is 0 Å². The Balaban J connectivity index is 1.77. The Bertz CT molecular complexity index is 207. The predicted molar refractivity (Wildman–Crippen MR) is 65.0 cm³/mol. The average molecular weight is 208 g/mol. The molecule has 2 rings (SSSR count). The molecule has 0 aromatic carbocycles. The van der Waals surface area contributed by atoms with E-state index in [1.165, 1.54) is 51.7 Å². The third kappa shape index (κ3) is 3.32. The lowest BCUT2D eigenvalue weighted by molar-refractivity contribution is 0.202. The van der Waals surface area contributed by atoms with Gasteiger partial charge >= 0.3 is 0 Å². The van der Waals surface area contributed by atoms with Crippen LogP contribution in [0.5, 0.6) is 0 Å². The lowest BCUT2D eigenvalue weighted by Gasteiger charge is -2.32. The van der Waals surface area contributed by atoms with E-state index in [0.717, 1.165) is 5.92 Å². The molecule has 1 heterocycles. The van der Waals surface area contributed by atoms with Gasteiger partial charge in [0.25, 0.3) is 0 Å². The van der Waals surface area contributed by atoms with Crippen LogP contribution in [0.25, 0.3) is 0 Å². The molecule has 1 saturated heterocycles. The fourth-order valence-corrected chi connectivity index (χ4v) is 2.78. The minimum absolute atomic E-state index is 0.709. The predicted octanol–water partition coefficient (Wildman–Crippen LogP) is 2.03. The number of likely N-dealkylation sites (N-methyl/N-ethyl adjacent to an activating group) is 1. The quantitative estimate of drug-likeness (QED) is 0.714. The second-order valence-corrected chi connectivity index (χ2v) is 5.08. The first-order valence-corrected chi connectivity index (χ1v) is 6.44. The van der Waals surface area contributed by atoms with Crippen LogP contribution in [0.3, 0.4) is 0 Å². The summed E-state index contributed by atoms with van der Waals surface area (Å²) in [6, 6.07) is 0.709. The van der Waals surface area contributed by atoms with Crippen LogP contribution in [-0.4, -0.2) is 37.6 Å². The van der Waals surface area contributed by atoms with Crippen molar-refractivity contribution in [3.63, 3.8) is 0 Å². The minimum Gasteiger partial charge on any atom is -0.316 e. The minimum atomic E-state index is 0.709. The number of hydrogen-bond donors (Lipinski definition) is 1. The summed E-state index contributed by atoms with van der Waals surface area (Å²) >= 11 is 0. The summed E-state index contributed by atoms with van der Waals surface area (Å²) in [6.45, 7) is 3.71. The molecule has 2 atom stereocenters. The molecule has 2 aliphatic rings. The molecule has 15 heavy (non-hydrogen) atoms. The molecular formula is C13H24N2. The first-order chi connectivity index (χ1) is 7.36. The molecule has 0 aromatic heterocycles. The third-order valence-corrected chi connectivity index (χ3v) is 3.74. The Labute approximate surface area is 93.7 Å². The average Bonchev–Trinajstić information content (AvgIpc) is 2.31. The topological polar surface area (TPSA) is 15.3 Å². The largest absolute Gasteiger partial charge is 0.316 e. The zero-order valence-electron chi connectivity index (χ0n) is 9.91. The van der Waals surface area contributed by atoms with E-state index in [0.29, 0.717) is 6.04 Å². The maximum atomic E-state index is 3.50. The van der Waals surface area contributed by atoms with Crippen molar-refractivity contribution in [2.75, 3.05) is 26.7 Å². The van der Waals surface area contributed by atoms with E-state index in [2.05, 4.69) is 29.4 Å². The van der Waals surface area contributed by atoms with E-state index in [4.69, 9.17) is 0 Å². The maximum absolute atomic E-state index is 3.50. The number of nitrogens with zero attached hydrogens (tertiary/aromatic N) is 1. The molecule has 2 heteroatoms. The zero-order chi connectivity index (χ0) is 10.5. The molecule has 0 amide bonds. The number of nitrogens with one attached hydrogen (secondary N) is 1. The van der Waals surface area contributed by atoms with Gasteiger partial charge in [-0.15, -0.1) is 0 Å². The van der Waals surface area contributed by atoms with Crippen molar-refractivity contribution in [2.24, 2.45) is 5.92 Å². The number of hydrogen-bond acceptors (Lipinski definition) is 2. The van der Waals surface area contributed by atoms with E-state index in [1.807, 2.05) is 0 Å². The van der Waals surface area contributed by atoms with E-state index >= 15 is 0 Å². The Morgan fingerprint density at radius 2 is 2.27 bits per heavy atom. The van der Waals surface area contributed by atoms with Gasteiger partial charge in [-0.3, -0.25) is 4.90 Å². The normalized spacial score (nSPS) is 32.1. The summed E-state index contributed by atoms with van der Waals surface area (Å²) < 4.78 is 0. The first kappa shape index (κ1) is 11.2. The second-order valence-electron chi connectivity index (χ2n) is 5.08. The van der Waals surface area contributed by atoms with Gasteiger partial charge in [0.1, 0.15) is 0 Å². The van der Waals surface area contributed by atoms with Crippen molar-refractivity contribution in [3.05, 3.63) is 12.2 Å². The number of piperidine rings is 1. The van der Waals surface area contributed by atoms with E-state index in [1.54, 1.807) is 0 Å². The van der Waals surface area contributed by atoms with Crippen molar-refractivity contribution in [1.82, 2.24) is 10.2 Å². The first-order valence-electron chi connectivity index (χ1n) is 6.44. The van der Waals surface area contributed by atoms with Crippen LogP contribution in [0.1, 0.15) is 32.1 Å². The lowest BCUT2D eigenvalue weighted by Crippen LogP contribution is -2.40. The molecular weight excluding hydrogens is 184 g/mol. The SMILES string of the molecule is CN(CC1CCCNC1)C1C=CCCC1. The number of allylic oxidation sites excluding steroid dienone is 1. The molecule has 0 aromatic rings. The molecule has 2 unspecified atom stereocenters. The number of rotatable bonds is 3. The molecule has 1 fully saturated rings. The highest BCUT2D eigenvalue weighted by molar-refractivity contribution is 4.98. The van der Waals surface area contributed by atoms with E-state index in [9.17, 15) is 0 Å². The highest BCUT2D eigenvalue weighted by Crippen LogP contribution is 2.18. The van der Waals surface area contributed by atoms with Crippen molar-refractivity contribution in [3.8, 4) is 0 Å². The monoisotopic (exact) mass is 208 g/mol. The van der Waals surface area contributed by atoms with Crippen molar-refractivity contribution in [1.29, 1.82) is 0 Å². The molecule has 1 N–H and O–H groups in total. The molecule has 0 radical (unpaired) electrons. The smallest absolute Gasteiger partial charge is 0.0275 e. The Morgan fingerprint density at radius 1 is 1.33 bits per heavy atom. The molecule has 0 bridgehead atoms. The Morgan fingerprint density at radius 3 is 2.93 bits per heavy atom. The Hall–Kier alpha value is -0.340. The summed E-state index contributed by atoms with van der Waals surface area (Å²) in [4.78, 5) is 2.55. The molecule has 1 aliphatic heterocycles. The molecule has 1 aliphatic carbocycles. The van der Waals surface area contributed by atoms with E-state index in [-0.39, 0.29) is 0 Å². The van der Waals surface area contributed by atoms with Gasteiger partial charge in [0.05, 0.1) is 0 Å². The highest BCUT2D eigenvalue weighted by atomic mass is 15.1. The van der Waals surface area contributed by atoms with Crippen LogP contribution in [-0.2, 0) is 0 Å². The van der Waals surface area contributed by atoms with Gasteiger partial charge in [-0.1, -0.05) is 12.2 Å².